The van der Waals surface area contributed by atoms with Crippen molar-refractivity contribution >= 4 is 5.97 Å². The quantitative estimate of drug-likeness (QED) is 0.455. The summed E-state index contributed by atoms with van der Waals surface area (Å²) in [5.74, 6) is -0.242. The lowest BCUT2D eigenvalue weighted by atomic mass is 10.5. The lowest BCUT2D eigenvalue weighted by Gasteiger charge is -1.93. The predicted octanol–water partition coefficient (Wildman–Crippen LogP) is 0.325. The van der Waals surface area contributed by atoms with Crippen LogP contribution in [0.15, 0.2) is 12.2 Å². The maximum absolute atomic E-state index is 10.2. The van der Waals surface area contributed by atoms with Crippen molar-refractivity contribution in [2.24, 2.45) is 0 Å². The number of rotatable bonds is 4. The highest BCUT2D eigenvalue weighted by molar-refractivity contribution is 5.65. The average molecular weight is 143 g/mol. The highest BCUT2D eigenvalue weighted by atomic mass is 16.5. The minimum Gasteiger partial charge on any atom is -0.462 e. The van der Waals surface area contributed by atoms with Crippen molar-refractivity contribution in [2.75, 3.05) is 20.2 Å². The molecule has 0 aliphatic rings. The number of likely N-dealkylation sites (N-methyl/N-ethyl adjacent to an activating group) is 1. The normalized spacial score (nSPS) is 10.2. The Labute approximate surface area is 61.1 Å². The topological polar surface area (TPSA) is 38.3 Å². The fourth-order valence-corrected chi connectivity index (χ4v) is 0.435. The van der Waals surface area contributed by atoms with Gasteiger partial charge in [-0.25, -0.2) is 0 Å². The smallest absolute Gasteiger partial charge is 0.302 e. The van der Waals surface area contributed by atoms with Crippen LogP contribution in [-0.4, -0.2) is 26.2 Å². The molecule has 0 aliphatic heterocycles. The standard InChI is InChI=1S/C7H13NO2/c1-7(9)10-6-4-3-5-8-2/h3-4,8H,5-6H2,1-2H3. The molecule has 0 saturated heterocycles. The molecule has 3 nitrogen and oxygen atoms in total. The molecule has 3 heteroatoms. The average Bonchev–Trinajstić information content (AvgIpc) is 1.87. The summed E-state index contributed by atoms with van der Waals surface area (Å²) in [6, 6.07) is 0. The second kappa shape index (κ2) is 6.29. The highest BCUT2D eigenvalue weighted by Gasteiger charge is 1.85. The van der Waals surface area contributed by atoms with Crippen LogP contribution in [0.1, 0.15) is 6.92 Å². The Balaban J connectivity index is 3.10. The molecular weight excluding hydrogens is 130 g/mol. The Morgan fingerprint density at radius 1 is 1.60 bits per heavy atom. The van der Waals surface area contributed by atoms with Crippen LogP contribution in [0.5, 0.6) is 0 Å². The van der Waals surface area contributed by atoms with Crippen molar-refractivity contribution in [1.29, 1.82) is 0 Å². The summed E-state index contributed by atoms with van der Waals surface area (Å²) < 4.78 is 4.63. The molecule has 0 fully saturated rings. The molecule has 58 valence electrons. The van der Waals surface area contributed by atoms with Gasteiger partial charge in [0.15, 0.2) is 0 Å². The lowest BCUT2D eigenvalue weighted by Crippen LogP contribution is -2.04. The summed E-state index contributed by atoms with van der Waals surface area (Å²) in [6.07, 6.45) is 3.71. The summed E-state index contributed by atoms with van der Waals surface area (Å²) >= 11 is 0. The zero-order valence-electron chi connectivity index (χ0n) is 6.39. The summed E-state index contributed by atoms with van der Waals surface area (Å²) in [4.78, 5) is 10.2. The van der Waals surface area contributed by atoms with Crippen molar-refractivity contribution in [3.63, 3.8) is 0 Å². The molecule has 0 aromatic rings. The fourth-order valence-electron chi connectivity index (χ4n) is 0.435. The first-order valence-corrected chi connectivity index (χ1v) is 3.20. The number of carbonyl (C=O) groups excluding carboxylic acids is 1. The van der Waals surface area contributed by atoms with Crippen LogP contribution in [0.2, 0.25) is 0 Å². The molecule has 0 aromatic carbocycles. The second-order valence-electron chi connectivity index (χ2n) is 1.83. The first kappa shape index (κ1) is 9.17. The Kier molecular flexibility index (Phi) is 5.77. The largest absolute Gasteiger partial charge is 0.462 e. The third-order valence-electron chi connectivity index (χ3n) is 0.871. The van der Waals surface area contributed by atoms with E-state index in [0.717, 1.165) is 6.54 Å². The first-order chi connectivity index (χ1) is 4.77. The molecular formula is C7H13NO2. The van der Waals surface area contributed by atoms with Crippen molar-refractivity contribution in [2.45, 2.75) is 6.92 Å². The van der Waals surface area contributed by atoms with E-state index in [2.05, 4.69) is 10.1 Å². The van der Waals surface area contributed by atoms with Gasteiger partial charge in [-0.1, -0.05) is 6.08 Å². The van der Waals surface area contributed by atoms with E-state index in [9.17, 15) is 4.79 Å². The minimum absolute atomic E-state index is 0.242. The van der Waals surface area contributed by atoms with Crippen molar-refractivity contribution in [3.05, 3.63) is 12.2 Å². The maximum Gasteiger partial charge on any atom is 0.302 e. The number of hydrogen-bond acceptors (Lipinski definition) is 3. The number of carbonyl (C=O) groups is 1. The highest BCUT2D eigenvalue weighted by Crippen LogP contribution is 1.77. The van der Waals surface area contributed by atoms with Crippen LogP contribution >= 0.6 is 0 Å². The number of ether oxygens (including phenoxy) is 1. The molecule has 0 aliphatic carbocycles. The van der Waals surface area contributed by atoms with Crippen molar-refractivity contribution < 1.29 is 9.53 Å². The van der Waals surface area contributed by atoms with E-state index < -0.39 is 0 Å². The van der Waals surface area contributed by atoms with E-state index in [0.29, 0.717) is 6.61 Å². The second-order valence-corrected chi connectivity index (χ2v) is 1.83. The molecule has 0 atom stereocenters. The van der Waals surface area contributed by atoms with Crippen LogP contribution in [0.25, 0.3) is 0 Å². The molecule has 0 heterocycles. The van der Waals surface area contributed by atoms with Crippen LogP contribution in [0, 0.1) is 0 Å². The van der Waals surface area contributed by atoms with Gasteiger partial charge in [-0.05, 0) is 13.1 Å². The number of nitrogens with one attached hydrogen (secondary N) is 1. The van der Waals surface area contributed by atoms with E-state index in [4.69, 9.17) is 0 Å². The van der Waals surface area contributed by atoms with E-state index in [1.165, 1.54) is 6.92 Å². The van der Waals surface area contributed by atoms with Gasteiger partial charge in [0.2, 0.25) is 0 Å². The van der Waals surface area contributed by atoms with E-state index >= 15 is 0 Å². The Morgan fingerprint density at radius 2 is 2.30 bits per heavy atom. The predicted molar refractivity (Wildman–Crippen MR) is 39.7 cm³/mol. The van der Waals surface area contributed by atoms with Gasteiger partial charge < -0.3 is 10.1 Å². The number of hydrogen-bond donors (Lipinski definition) is 1. The zero-order valence-corrected chi connectivity index (χ0v) is 6.39. The van der Waals surface area contributed by atoms with Crippen LogP contribution in [0.3, 0.4) is 0 Å². The lowest BCUT2D eigenvalue weighted by molar-refractivity contribution is -0.139. The van der Waals surface area contributed by atoms with Crippen molar-refractivity contribution in [3.8, 4) is 0 Å². The third-order valence-corrected chi connectivity index (χ3v) is 0.871. The molecule has 10 heavy (non-hydrogen) atoms. The monoisotopic (exact) mass is 143 g/mol. The van der Waals surface area contributed by atoms with Gasteiger partial charge in [0.05, 0.1) is 0 Å². The van der Waals surface area contributed by atoms with E-state index in [1.807, 2.05) is 13.1 Å². The van der Waals surface area contributed by atoms with E-state index in [1.54, 1.807) is 6.08 Å². The van der Waals surface area contributed by atoms with Gasteiger partial charge in [0.1, 0.15) is 6.61 Å². The fraction of sp³-hybridized carbons (Fsp3) is 0.571. The number of esters is 1. The molecule has 0 unspecified atom stereocenters. The molecule has 0 saturated carbocycles. The van der Waals surface area contributed by atoms with Gasteiger partial charge in [-0.15, -0.1) is 0 Å². The van der Waals surface area contributed by atoms with Gasteiger partial charge in [0.25, 0.3) is 0 Å². The molecule has 0 aromatic heterocycles. The zero-order chi connectivity index (χ0) is 7.82. The molecule has 1 N–H and O–H groups in total. The molecule has 0 rings (SSSR count). The van der Waals surface area contributed by atoms with Gasteiger partial charge in [-0.2, -0.15) is 0 Å². The summed E-state index contributed by atoms with van der Waals surface area (Å²) in [5.41, 5.74) is 0. The summed E-state index contributed by atoms with van der Waals surface area (Å²) in [7, 11) is 1.86. The Hall–Kier alpha value is -0.830. The minimum atomic E-state index is -0.242. The summed E-state index contributed by atoms with van der Waals surface area (Å²) in [6.45, 7) is 2.57. The molecule has 0 amide bonds. The van der Waals surface area contributed by atoms with Crippen LogP contribution in [-0.2, 0) is 9.53 Å². The molecule has 0 bridgehead atoms. The SMILES string of the molecule is CNCC=CCOC(C)=O. The molecule has 0 radical (unpaired) electrons. The summed E-state index contributed by atoms with van der Waals surface area (Å²) in [5, 5.41) is 2.93. The third kappa shape index (κ3) is 7.17. The maximum atomic E-state index is 10.2. The van der Waals surface area contributed by atoms with Crippen molar-refractivity contribution in [1.82, 2.24) is 5.32 Å². The van der Waals surface area contributed by atoms with E-state index in [-0.39, 0.29) is 5.97 Å². The first-order valence-electron chi connectivity index (χ1n) is 3.20. The van der Waals surface area contributed by atoms with Gasteiger partial charge >= 0.3 is 5.97 Å². The molecule has 0 spiro atoms. The Bertz CT molecular complexity index is 121. The van der Waals surface area contributed by atoms with Gasteiger partial charge in [0, 0.05) is 13.5 Å². The van der Waals surface area contributed by atoms with Gasteiger partial charge in [-0.3, -0.25) is 4.79 Å². The Morgan fingerprint density at radius 3 is 2.80 bits per heavy atom. The van der Waals surface area contributed by atoms with Crippen LogP contribution in [0.4, 0.5) is 0 Å². The van der Waals surface area contributed by atoms with Crippen LogP contribution < -0.4 is 5.32 Å².